The number of rotatable bonds is 4. The molecule has 106 valence electrons. The molecule has 0 heterocycles. The molecule has 1 unspecified atom stereocenters. The second-order valence-electron chi connectivity index (χ2n) is 4.26. The number of nitrogens with two attached hydrogens (primary N) is 1. The number of benzene rings is 2. The van der Waals surface area contributed by atoms with Crippen molar-refractivity contribution in [2.24, 2.45) is 5.73 Å². The van der Waals surface area contributed by atoms with E-state index in [1.807, 2.05) is 0 Å². The Bertz CT molecular complexity index is 619. The van der Waals surface area contributed by atoms with E-state index < -0.39 is 6.04 Å². The molecule has 0 aliphatic rings. The predicted octanol–water partition coefficient (Wildman–Crippen LogP) is 3.54. The summed E-state index contributed by atoms with van der Waals surface area (Å²) in [6, 6.07) is 8.91. The van der Waals surface area contributed by atoms with E-state index >= 15 is 0 Å². The first-order valence-corrected chi connectivity index (χ1v) is 6.37. The van der Waals surface area contributed by atoms with Crippen LogP contribution in [0.25, 0.3) is 0 Å². The van der Waals surface area contributed by atoms with Crippen molar-refractivity contribution in [3.8, 4) is 11.5 Å². The smallest absolute Gasteiger partial charge is 0.162 e. The van der Waals surface area contributed by atoms with Crippen LogP contribution in [0.3, 0.4) is 0 Å². The van der Waals surface area contributed by atoms with Gasteiger partial charge in [0.25, 0.3) is 0 Å². The van der Waals surface area contributed by atoms with E-state index in [2.05, 4.69) is 0 Å². The molecule has 2 aromatic rings. The Balaban J connectivity index is 2.46. The highest BCUT2D eigenvalue weighted by molar-refractivity contribution is 6.31. The minimum absolute atomic E-state index is 0.338. The first-order valence-electron chi connectivity index (χ1n) is 5.99. The fourth-order valence-electron chi connectivity index (χ4n) is 1.99. The number of halogens is 2. The quantitative estimate of drug-likeness (QED) is 0.938. The summed E-state index contributed by atoms with van der Waals surface area (Å²) in [6.45, 7) is 0. The number of hydrogen-bond donors (Lipinski definition) is 1. The second-order valence-corrected chi connectivity index (χ2v) is 4.67. The third-order valence-electron chi connectivity index (χ3n) is 3.05. The summed E-state index contributed by atoms with van der Waals surface area (Å²) in [7, 11) is 3.06. The third-order valence-corrected chi connectivity index (χ3v) is 3.37. The van der Waals surface area contributed by atoms with Gasteiger partial charge in [0.15, 0.2) is 11.5 Å². The summed E-state index contributed by atoms with van der Waals surface area (Å²) in [5.74, 6) is 0.709. The molecule has 0 saturated carbocycles. The van der Waals surface area contributed by atoms with Crippen LogP contribution >= 0.6 is 11.6 Å². The fraction of sp³-hybridized carbons (Fsp3) is 0.200. The van der Waals surface area contributed by atoms with Gasteiger partial charge in [0.2, 0.25) is 0 Å². The molecule has 0 bridgehead atoms. The first-order chi connectivity index (χ1) is 9.56. The summed E-state index contributed by atoms with van der Waals surface area (Å²) in [5, 5.41) is 0.444. The van der Waals surface area contributed by atoms with Gasteiger partial charge in [-0.3, -0.25) is 0 Å². The van der Waals surface area contributed by atoms with Gasteiger partial charge in [0.05, 0.1) is 20.3 Å². The summed E-state index contributed by atoms with van der Waals surface area (Å²) >= 11 is 6.21. The molecule has 5 heteroatoms. The van der Waals surface area contributed by atoms with E-state index in [0.717, 1.165) is 0 Å². The van der Waals surface area contributed by atoms with Gasteiger partial charge in [0.1, 0.15) is 5.82 Å². The number of methoxy groups -OCH3 is 2. The molecule has 0 aromatic heterocycles. The van der Waals surface area contributed by atoms with E-state index in [4.69, 9.17) is 26.8 Å². The fourth-order valence-corrected chi connectivity index (χ4v) is 2.26. The van der Waals surface area contributed by atoms with Crippen molar-refractivity contribution in [1.29, 1.82) is 0 Å². The van der Waals surface area contributed by atoms with Crippen molar-refractivity contribution in [2.75, 3.05) is 14.2 Å². The molecule has 2 aromatic carbocycles. The van der Waals surface area contributed by atoms with Crippen LogP contribution in [0.4, 0.5) is 4.39 Å². The van der Waals surface area contributed by atoms with E-state index in [1.54, 1.807) is 24.3 Å². The van der Waals surface area contributed by atoms with Gasteiger partial charge in [0, 0.05) is 11.1 Å². The molecule has 2 rings (SSSR count). The highest BCUT2D eigenvalue weighted by Gasteiger charge is 2.17. The molecule has 1 atom stereocenters. The topological polar surface area (TPSA) is 44.5 Å². The summed E-state index contributed by atoms with van der Waals surface area (Å²) in [6.07, 6.45) is 0. The average molecular weight is 296 g/mol. The standard InChI is InChI=1S/C15H15ClFNO2/c1-19-13-7-11(12(16)8-14(13)20-2)15(18)9-4-3-5-10(17)6-9/h3-8,15H,18H2,1-2H3. The Kier molecular flexibility index (Phi) is 4.47. The van der Waals surface area contributed by atoms with E-state index in [1.165, 1.54) is 26.4 Å². The molecule has 0 saturated heterocycles. The molecule has 0 aliphatic heterocycles. The molecule has 2 N–H and O–H groups in total. The Morgan fingerprint density at radius 1 is 1.10 bits per heavy atom. The second kappa shape index (κ2) is 6.11. The average Bonchev–Trinajstić information content (AvgIpc) is 2.46. The molecule has 3 nitrogen and oxygen atoms in total. The molecular formula is C15H15ClFNO2. The van der Waals surface area contributed by atoms with Crippen molar-refractivity contribution < 1.29 is 13.9 Å². The van der Waals surface area contributed by atoms with Crippen LogP contribution in [0.15, 0.2) is 36.4 Å². The van der Waals surface area contributed by atoms with Crippen LogP contribution in [0.5, 0.6) is 11.5 Å². The zero-order valence-corrected chi connectivity index (χ0v) is 11.9. The van der Waals surface area contributed by atoms with Crippen molar-refractivity contribution in [1.82, 2.24) is 0 Å². The van der Waals surface area contributed by atoms with Crippen molar-refractivity contribution in [3.05, 3.63) is 58.4 Å². The third kappa shape index (κ3) is 2.86. The van der Waals surface area contributed by atoms with Gasteiger partial charge in [-0.05, 0) is 29.3 Å². The summed E-state index contributed by atoms with van der Waals surface area (Å²) in [5.41, 5.74) is 7.44. The van der Waals surface area contributed by atoms with Gasteiger partial charge in [-0.15, -0.1) is 0 Å². The van der Waals surface area contributed by atoms with Crippen LogP contribution in [0.2, 0.25) is 5.02 Å². The van der Waals surface area contributed by atoms with Crippen molar-refractivity contribution in [2.45, 2.75) is 6.04 Å². The Labute approximate surface area is 122 Å². The largest absolute Gasteiger partial charge is 0.493 e. The molecule has 0 aliphatic carbocycles. The highest BCUT2D eigenvalue weighted by atomic mass is 35.5. The van der Waals surface area contributed by atoms with Crippen LogP contribution in [-0.2, 0) is 0 Å². The van der Waals surface area contributed by atoms with Gasteiger partial charge >= 0.3 is 0 Å². The maximum absolute atomic E-state index is 13.3. The molecule has 0 spiro atoms. The molecule has 0 amide bonds. The van der Waals surface area contributed by atoms with E-state index in [9.17, 15) is 4.39 Å². The van der Waals surface area contributed by atoms with Gasteiger partial charge in [-0.2, -0.15) is 0 Å². The highest BCUT2D eigenvalue weighted by Crippen LogP contribution is 2.36. The van der Waals surface area contributed by atoms with Gasteiger partial charge in [-0.1, -0.05) is 23.7 Å². The zero-order valence-electron chi connectivity index (χ0n) is 11.2. The van der Waals surface area contributed by atoms with Crippen LogP contribution in [0, 0.1) is 5.82 Å². The zero-order chi connectivity index (χ0) is 14.7. The van der Waals surface area contributed by atoms with Crippen molar-refractivity contribution in [3.63, 3.8) is 0 Å². The van der Waals surface area contributed by atoms with Crippen LogP contribution in [-0.4, -0.2) is 14.2 Å². The normalized spacial score (nSPS) is 12.1. The lowest BCUT2D eigenvalue weighted by molar-refractivity contribution is 0.354. The Morgan fingerprint density at radius 3 is 2.35 bits per heavy atom. The number of hydrogen-bond acceptors (Lipinski definition) is 3. The summed E-state index contributed by atoms with van der Waals surface area (Å²) < 4.78 is 23.7. The molecule has 0 fully saturated rings. The van der Waals surface area contributed by atoms with E-state index in [0.29, 0.717) is 27.6 Å². The van der Waals surface area contributed by atoms with E-state index in [-0.39, 0.29) is 5.82 Å². The van der Waals surface area contributed by atoms with Crippen molar-refractivity contribution >= 4 is 11.6 Å². The van der Waals surface area contributed by atoms with Crippen LogP contribution < -0.4 is 15.2 Å². The Hall–Kier alpha value is -1.78. The lowest BCUT2D eigenvalue weighted by Gasteiger charge is -2.17. The monoisotopic (exact) mass is 295 g/mol. The lowest BCUT2D eigenvalue weighted by atomic mass is 9.99. The maximum atomic E-state index is 13.3. The molecule has 20 heavy (non-hydrogen) atoms. The van der Waals surface area contributed by atoms with Gasteiger partial charge < -0.3 is 15.2 Å². The van der Waals surface area contributed by atoms with Gasteiger partial charge in [-0.25, -0.2) is 4.39 Å². The number of ether oxygens (including phenoxy) is 2. The first kappa shape index (κ1) is 14.6. The predicted molar refractivity (Wildman–Crippen MR) is 77.0 cm³/mol. The maximum Gasteiger partial charge on any atom is 0.162 e. The summed E-state index contributed by atoms with van der Waals surface area (Å²) in [4.78, 5) is 0. The minimum atomic E-state index is -0.544. The van der Waals surface area contributed by atoms with Crippen LogP contribution in [0.1, 0.15) is 17.2 Å². The lowest BCUT2D eigenvalue weighted by Crippen LogP contribution is -2.13. The SMILES string of the molecule is COc1cc(Cl)c(C(N)c2cccc(F)c2)cc1OC. The molecular weight excluding hydrogens is 281 g/mol. The molecule has 0 radical (unpaired) electrons. The Morgan fingerprint density at radius 2 is 1.75 bits per heavy atom. The minimum Gasteiger partial charge on any atom is -0.493 e.